The number of nitrogens with zero attached hydrogens (tertiary/aromatic N) is 5. The summed E-state index contributed by atoms with van der Waals surface area (Å²) in [5.74, 6) is -2.76. The molecule has 1 fully saturated rings. The molecule has 1 aliphatic rings. The molecular formula is C21H20F2N6O. The van der Waals surface area contributed by atoms with Gasteiger partial charge in [-0.05, 0) is 29.3 Å². The molecule has 1 aliphatic heterocycles. The van der Waals surface area contributed by atoms with E-state index in [2.05, 4.69) is 26.3 Å². The number of aldehydes is 1. The molecular weight excluding hydrogens is 390 g/mol. The second-order valence-corrected chi connectivity index (χ2v) is 7.84. The van der Waals surface area contributed by atoms with E-state index in [0.29, 0.717) is 23.9 Å². The topological polar surface area (TPSA) is 79.7 Å². The van der Waals surface area contributed by atoms with Crippen LogP contribution in [0, 0.1) is 0 Å². The van der Waals surface area contributed by atoms with Crippen LogP contribution in [0.15, 0.2) is 36.7 Å². The van der Waals surface area contributed by atoms with Crippen molar-refractivity contribution in [2.75, 3.05) is 13.1 Å². The molecule has 7 nitrogen and oxygen atoms in total. The lowest BCUT2D eigenvalue weighted by Crippen LogP contribution is -2.30. The molecule has 9 heteroatoms. The van der Waals surface area contributed by atoms with Crippen molar-refractivity contribution in [1.29, 1.82) is 0 Å². The first-order chi connectivity index (χ1) is 14.4. The predicted octanol–water partition coefficient (Wildman–Crippen LogP) is 3.02. The number of H-pyrrole nitrogens is 1. The summed E-state index contributed by atoms with van der Waals surface area (Å²) >= 11 is 0. The van der Waals surface area contributed by atoms with E-state index in [9.17, 15) is 13.6 Å². The van der Waals surface area contributed by atoms with Crippen LogP contribution in [-0.2, 0) is 18.3 Å². The number of aromatic nitrogens is 5. The van der Waals surface area contributed by atoms with Crippen LogP contribution in [0.3, 0.4) is 0 Å². The van der Waals surface area contributed by atoms with Gasteiger partial charge in [-0.25, -0.2) is 13.8 Å². The summed E-state index contributed by atoms with van der Waals surface area (Å²) in [5.41, 5.74) is 4.12. The number of likely N-dealkylation sites (tertiary alicyclic amines) is 1. The molecule has 5 rings (SSSR count). The Hall–Kier alpha value is -3.20. The minimum atomic E-state index is -2.76. The molecule has 30 heavy (non-hydrogen) atoms. The molecule has 1 atom stereocenters. The first kappa shape index (κ1) is 18.8. The number of aromatic amines is 1. The van der Waals surface area contributed by atoms with Gasteiger partial charge in [0.15, 0.2) is 5.65 Å². The van der Waals surface area contributed by atoms with Crippen LogP contribution >= 0.6 is 0 Å². The monoisotopic (exact) mass is 410 g/mol. The number of fused-ring (bicyclic) bond motifs is 2. The molecule has 0 spiro atoms. The third-order valence-corrected chi connectivity index (χ3v) is 5.76. The van der Waals surface area contributed by atoms with Crippen LogP contribution in [0.4, 0.5) is 8.78 Å². The first-order valence-electron chi connectivity index (χ1n) is 9.74. The van der Waals surface area contributed by atoms with Gasteiger partial charge >= 0.3 is 0 Å². The van der Waals surface area contributed by atoms with E-state index in [1.807, 2.05) is 36.1 Å². The number of carbonyl (C=O) groups excluding carboxylic acids is 1. The molecule has 0 aliphatic carbocycles. The van der Waals surface area contributed by atoms with E-state index in [4.69, 9.17) is 0 Å². The fourth-order valence-corrected chi connectivity index (χ4v) is 4.16. The van der Waals surface area contributed by atoms with Crippen molar-refractivity contribution in [2.24, 2.45) is 7.05 Å². The van der Waals surface area contributed by atoms with E-state index in [1.165, 1.54) is 4.90 Å². The van der Waals surface area contributed by atoms with Crippen molar-refractivity contribution < 1.29 is 13.6 Å². The van der Waals surface area contributed by atoms with E-state index >= 15 is 0 Å². The number of carbonyl (C=O) groups is 1. The number of alkyl halides is 2. The lowest BCUT2D eigenvalue weighted by atomic mass is 10.0. The Morgan fingerprint density at radius 1 is 1.30 bits per heavy atom. The maximum absolute atomic E-state index is 13.6. The Morgan fingerprint density at radius 2 is 2.17 bits per heavy atom. The lowest BCUT2D eigenvalue weighted by molar-refractivity contribution is -0.112. The maximum atomic E-state index is 13.6. The standard InChI is InChI=1S/C21H20F2N6O/c1-28-18-3-2-13(6-14(18)10-25-28)7-17-16-8-15(9-24-20(16)27-26-17)19(11-30)29-5-4-21(22,23)12-29/h2-3,6,8-11,19H,4-5,7,12H2,1H3,(H,24,26,27). The molecule has 0 saturated carbocycles. The third kappa shape index (κ3) is 3.24. The van der Waals surface area contributed by atoms with Gasteiger partial charge in [-0.3, -0.25) is 14.7 Å². The van der Waals surface area contributed by atoms with E-state index in [-0.39, 0.29) is 13.0 Å². The summed E-state index contributed by atoms with van der Waals surface area (Å²) in [4.78, 5) is 17.6. The highest BCUT2D eigenvalue weighted by Gasteiger charge is 2.41. The number of nitrogens with one attached hydrogen (secondary N) is 1. The smallest absolute Gasteiger partial charge is 0.261 e. The number of hydrogen-bond acceptors (Lipinski definition) is 5. The maximum Gasteiger partial charge on any atom is 0.261 e. The van der Waals surface area contributed by atoms with Crippen molar-refractivity contribution >= 4 is 28.2 Å². The Kier molecular flexibility index (Phi) is 4.35. The van der Waals surface area contributed by atoms with Gasteiger partial charge in [0.2, 0.25) is 0 Å². The number of aryl methyl sites for hydroxylation is 1. The lowest BCUT2D eigenvalue weighted by Gasteiger charge is -2.22. The van der Waals surface area contributed by atoms with Crippen LogP contribution in [0.25, 0.3) is 21.9 Å². The third-order valence-electron chi connectivity index (χ3n) is 5.76. The van der Waals surface area contributed by atoms with Crippen LogP contribution in [0.5, 0.6) is 0 Å². The number of pyridine rings is 1. The molecule has 1 saturated heterocycles. The van der Waals surface area contributed by atoms with Gasteiger partial charge in [0.1, 0.15) is 6.29 Å². The normalized spacial score (nSPS) is 17.7. The zero-order valence-corrected chi connectivity index (χ0v) is 16.3. The SMILES string of the molecule is Cn1ncc2cc(Cc3[nH]nc4ncc(C(C=O)N5CCC(F)(F)C5)cc34)ccc21. The van der Waals surface area contributed by atoms with Gasteiger partial charge in [-0.1, -0.05) is 6.07 Å². The summed E-state index contributed by atoms with van der Waals surface area (Å²) in [6, 6.07) is 7.22. The number of hydrogen-bond donors (Lipinski definition) is 1. The Labute approximate surface area is 170 Å². The average molecular weight is 410 g/mol. The summed E-state index contributed by atoms with van der Waals surface area (Å²) in [6.45, 7) is -0.240. The average Bonchev–Trinajstić information content (AvgIpc) is 3.40. The molecule has 154 valence electrons. The first-order valence-corrected chi connectivity index (χ1v) is 9.74. The van der Waals surface area contributed by atoms with Crippen molar-refractivity contribution in [3.05, 3.63) is 53.5 Å². The van der Waals surface area contributed by atoms with Crippen molar-refractivity contribution in [1.82, 2.24) is 29.9 Å². The van der Waals surface area contributed by atoms with Crippen LogP contribution in [0.1, 0.15) is 29.3 Å². The van der Waals surface area contributed by atoms with E-state index < -0.39 is 18.5 Å². The molecule has 1 N–H and O–H groups in total. The number of halogens is 2. The molecule has 0 bridgehead atoms. The van der Waals surface area contributed by atoms with E-state index in [1.54, 1.807) is 6.20 Å². The zero-order valence-electron chi connectivity index (χ0n) is 16.3. The Bertz CT molecular complexity index is 1250. The molecule has 4 aromatic rings. The summed E-state index contributed by atoms with van der Waals surface area (Å²) in [5, 5.41) is 13.4. The van der Waals surface area contributed by atoms with Gasteiger partial charge in [0.25, 0.3) is 5.92 Å². The van der Waals surface area contributed by atoms with Gasteiger partial charge in [-0.15, -0.1) is 0 Å². The molecule has 3 aromatic heterocycles. The van der Waals surface area contributed by atoms with Crippen molar-refractivity contribution in [3.8, 4) is 0 Å². The minimum absolute atomic E-state index is 0.178. The fourth-order valence-electron chi connectivity index (χ4n) is 4.16. The summed E-state index contributed by atoms with van der Waals surface area (Å²) < 4.78 is 29.1. The van der Waals surface area contributed by atoms with Crippen LogP contribution < -0.4 is 0 Å². The highest BCUT2D eigenvalue weighted by Crippen LogP contribution is 2.33. The molecule has 0 radical (unpaired) electrons. The van der Waals surface area contributed by atoms with Gasteiger partial charge in [0.05, 0.1) is 24.3 Å². The zero-order chi connectivity index (χ0) is 20.9. The second kappa shape index (κ2) is 6.94. The van der Waals surface area contributed by atoms with Crippen molar-refractivity contribution in [3.63, 3.8) is 0 Å². The van der Waals surface area contributed by atoms with Crippen LogP contribution in [0.2, 0.25) is 0 Å². The van der Waals surface area contributed by atoms with Gasteiger partial charge in [0, 0.05) is 49.1 Å². The minimum Gasteiger partial charge on any atom is -0.301 e. The summed E-state index contributed by atoms with van der Waals surface area (Å²) in [7, 11) is 1.90. The highest BCUT2D eigenvalue weighted by molar-refractivity contribution is 5.81. The van der Waals surface area contributed by atoms with Crippen LogP contribution in [-0.4, -0.2) is 55.2 Å². The summed E-state index contributed by atoms with van der Waals surface area (Å²) in [6.07, 6.45) is 4.44. The predicted molar refractivity (Wildman–Crippen MR) is 107 cm³/mol. The Morgan fingerprint density at radius 3 is 2.93 bits per heavy atom. The van der Waals surface area contributed by atoms with Gasteiger partial charge in [-0.2, -0.15) is 10.2 Å². The second-order valence-electron chi connectivity index (χ2n) is 7.84. The Balaban J connectivity index is 1.47. The quantitative estimate of drug-likeness (QED) is 0.512. The molecule has 0 amide bonds. The molecule has 1 unspecified atom stereocenters. The number of rotatable bonds is 5. The molecule has 4 heterocycles. The largest absolute Gasteiger partial charge is 0.301 e. The van der Waals surface area contributed by atoms with Gasteiger partial charge < -0.3 is 4.79 Å². The van der Waals surface area contributed by atoms with Crippen molar-refractivity contribution in [2.45, 2.75) is 24.8 Å². The van der Waals surface area contributed by atoms with E-state index in [0.717, 1.165) is 27.5 Å². The number of benzene rings is 1. The molecule has 1 aromatic carbocycles. The highest BCUT2D eigenvalue weighted by atomic mass is 19.3. The fraction of sp³-hybridized carbons (Fsp3) is 0.333.